The summed E-state index contributed by atoms with van der Waals surface area (Å²) >= 11 is 6.15. The highest BCUT2D eigenvalue weighted by atomic mass is 35.5. The summed E-state index contributed by atoms with van der Waals surface area (Å²) < 4.78 is 28.2. The number of nitrogens with one attached hydrogen (secondary N) is 1. The number of hydrogen-bond donors (Lipinski definition) is 1. The van der Waals surface area contributed by atoms with Gasteiger partial charge in [0.2, 0.25) is 10.0 Å². The molecule has 1 aliphatic heterocycles. The van der Waals surface area contributed by atoms with Crippen LogP contribution in [0, 0.1) is 0 Å². The van der Waals surface area contributed by atoms with E-state index in [9.17, 15) is 8.42 Å². The first kappa shape index (κ1) is 20.5. The van der Waals surface area contributed by atoms with Gasteiger partial charge in [-0.2, -0.15) is 4.31 Å². The standard InChI is InChI=1S/C20H28ClN3O2S/c1-2-3-4-5-12-22-16-8-7-14-24(15-16)27(25,26)19-10-6-9-18-17(19)11-13-23-20(18)21/h6,9-11,13,16,22H,2-5,7-8,12,14-15H2,1H3. The van der Waals surface area contributed by atoms with Crippen molar-refractivity contribution in [1.29, 1.82) is 0 Å². The van der Waals surface area contributed by atoms with E-state index < -0.39 is 10.0 Å². The van der Waals surface area contributed by atoms with E-state index in [1.54, 1.807) is 34.8 Å². The molecule has 5 nitrogen and oxygen atoms in total. The van der Waals surface area contributed by atoms with Gasteiger partial charge in [-0.1, -0.05) is 49.9 Å². The van der Waals surface area contributed by atoms with Gasteiger partial charge in [-0.15, -0.1) is 0 Å². The molecular weight excluding hydrogens is 382 g/mol. The van der Waals surface area contributed by atoms with E-state index in [0.717, 1.165) is 25.8 Å². The number of nitrogens with zero attached hydrogens (tertiary/aromatic N) is 2. The third kappa shape index (κ3) is 4.80. The Labute approximate surface area is 167 Å². The average Bonchev–Trinajstić information content (AvgIpc) is 2.68. The zero-order valence-corrected chi connectivity index (χ0v) is 17.4. The first-order valence-electron chi connectivity index (χ1n) is 9.81. The van der Waals surface area contributed by atoms with Gasteiger partial charge in [0, 0.05) is 36.1 Å². The maximum absolute atomic E-state index is 13.3. The zero-order valence-electron chi connectivity index (χ0n) is 15.8. The molecule has 27 heavy (non-hydrogen) atoms. The van der Waals surface area contributed by atoms with Crippen LogP contribution in [0.15, 0.2) is 35.4 Å². The molecule has 148 valence electrons. The van der Waals surface area contributed by atoms with Crippen LogP contribution in [0.5, 0.6) is 0 Å². The van der Waals surface area contributed by atoms with E-state index in [-0.39, 0.29) is 6.04 Å². The van der Waals surface area contributed by atoms with Crippen molar-refractivity contribution >= 4 is 32.4 Å². The summed E-state index contributed by atoms with van der Waals surface area (Å²) in [5, 5.41) is 5.17. The fourth-order valence-corrected chi connectivity index (χ4v) is 5.64. The molecule has 1 aromatic heterocycles. The van der Waals surface area contributed by atoms with Crippen molar-refractivity contribution in [2.24, 2.45) is 0 Å². The fraction of sp³-hybridized carbons (Fsp3) is 0.550. The molecule has 1 aliphatic rings. The topological polar surface area (TPSA) is 62.3 Å². The third-order valence-corrected chi connectivity index (χ3v) is 7.41. The van der Waals surface area contributed by atoms with Crippen LogP contribution >= 0.6 is 11.6 Å². The number of hydrogen-bond acceptors (Lipinski definition) is 4. The van der Waals surface area contributed by atoms with Gasteiger partial charge in [0.1, 0.15) is 5.15 Å². The smallest absolute Gasteiger partial charge is 0.243 e. The molecule has 1 fully saturated rings. The number of unbranched alkanes of at least 4 members (excludes halogenated alkanes) is 3. The molecule has 1 atom stereocenters. The van der Waals surface area contributed by atoms with Crippen LogP contribution in [0.2, 0.25) is 5.15 Å². The molecule has 7 heteroatoms. The molecule has 0 saturated carbocycles. The number of piperidine rings is 1. The minimum atomic E-state index is -3.57. The van der Waals surface area contributed by atoms with Gasteiger partial charge in [0.05, 0.1) is 4.90 Å². The molecule has 1 aromatic carbocycles. The summed E-state index contributed by atoms with van der Waals surface area (Å²) in [6.45, 7) is 4.23. The second-order valence-corrected chi connectivity index (χ2v) is 9.43. The number of sulfonamides is 1. The molecule has 2 aromatic rings. The summed E-state index contributed by atoms with van der Waals surface area (Å²) in [5.41, 5.74) is 0. The molecule has 1 saturated heterocycles. The van der Waals surface area contributed by atoms with Gasteiger partial charge < -0.3 is 5.32 Å². The zero-order chi connectivity index (χ0) is 19.3. The average molecular weight is 410 g/mol. The van der Waals surface area contributed by atoms with E-state index >= 15 is 0 Å². The van der Waals surface area contributed by atoms with Crippen LogP contribution in [-0.2, 0) is 10.0 Å². The minimum Gasteiger partial charge on any atom is -0.313 e. The summed E-state index contributed by atoms with van der Waals surface area (Å²) in [6.07, 6.45) is 8.30. The van der Waals surface area contributed by atoms with Crippen molar-refractivity contribution < 1.29 is 8.42 Å². The van der Waals surface area contributed by atoms with Crippen LogP contribution in [0.3, 0.4) is 0 Å². The SMILES string of the molecule is CCCCCCNC1CCCN(S(=O)(=O)c2cccc3c(Cl)nccc23)C1. The quantitative estimate of drug-likeness (QED) is 0.524. The Morgan fingerprint density at radius 2 is 2.07 bits per heavy atom. The van der Waals surface area contributed by atoms with E-state index in [0.29, 0.717) is 33.9 Å². The molecule has 0 bridgehead atoms. The van der Waals surface area contributed by atoms with Crippen molar-refractivity contribution in [3.05, 3.63) is 35.6 Å². The van der Waals surface area contributed by atoms with Crippen molar-refractivity contribution in [3.8, 4) is 0 Å². The Kier molecular flexibility index (Phi) is 7.09. The van der Waals surface area contributed by atoms with E-state index in [1.165, 1.54) is 19.3 Å². The number of pyridine rings is 1. The molecule has 0 amide bonds. The van der Waals surface area contributed by atoms with Crippen LogP contribution in [0.4, 0.5) is 0 Å². The molecule has 1 N–H and O–H groups in total. The first-order valence-corrected chi connectivity index (χ1v) is 11.6. The summed E-state index contributed by atoms with van der Waals surface area (Å²) in [4.78, 5) is 4.37. The third-order valence-electron chi connectivity index (χ3n) is 5.18. The van der Waals surface area contributed by atoms with E-state index in [1.807, 2.05) is 0 Å². The summed E-state index contributed by atoms with van der Waals surface area (Å²) in [6, 6.07) is 7.14. The lowest BCUT2D eigenvalue weighted by Crippen LogP contribution is -2.48. The summed E-state index contributed by atoms with van der Waals surface area (Å²) in [7, 11) is -3.57. The van der Waals surface area contributed by atoms with Crippen molar-refractivity contribution in [3.63, 3.8) is 0 Å². The predicted molar refractivity (Wildman–Crippen MR) is 111 cm³/mol. The second-order valence-electron chi connectivity index (χ2n) is 7.17. The molecule has 0 aliphatic carbocycles. The Morgan fingerprint density at radius 3 is 2.89 bits per heavy atom. The van der Waals surface area contributed by atoms with Crippen molar-refractivity contribution in [1.82, 2.24) is 14.6 Å². The number of halogens is 1. The van der Waals surface area contributed by atoms with E-state index in [4.69, 9.17) is 11.6 Å². The Morgan fingerprint density at radius 1 is 1.22 bits per heavy atom. The Bertz CT molecular complexity index is 873. The van der Waals surface area contributed by atoms with Crippen LogP contribution < -0.4 is 5.32 Å². The maximum atomic E-state index is 13.3. The normalized spacial score (nSPS) is 18.8. The van der Waals surface area contributed by atoms with Gasteiger partial charge in [-0.3, -0.25) is 0 Å². The number of benzene rings is 1. The number of fused-ring (bicyclic) bond motifs is 1. The van der Waals surface area contributed by atoms with Crippen molar-refractivity contribution in [2.75, 3.05) is 19.6 Å². The molecule has 1 unspecified atom stereocenters. The monoisotopic (exact) mass is 409 g/mol. The molecule has 0 spiro atoms. The molecule has 2 heterocycles. The highest BCUT2D eigenvalue weighted by Gasteiger charge is 2.31. The van der Waals surface area contributed by atoms with Crippen LogP contribution in [0.25, 0.3) is 10.8 Å². The fourth-order valence-electron chi connectivity index (χ4n) is 3.69. The Hall–Kier alpha value is -1.21. The lowest BCUT2D eigenvalue weighted by Gasteiger charge is -2.32. The van der Waals surface area contributed by atoms with Gasteiger partial charge in [0.25, 0.3) is 0 Å². The number of rotatable bonds is 8. The minimum absolute atomic E-state index is 0.218. The highest BCUT2D eigenvalue weighted by Crippen LogP contribution is 2.30. The largest absolute Gasteiger partial charge is 0.313 e. The maximum Gasteiger partial charge on any atom is 0.243 e. The predicted octanol–water partition coefficient (Wildman–Crippen LogP) is 4.21. The van der Waals surface area contributed by atoms with Crippen LogP contribution in [0.1, 0.15) is 45.4 Å². The first-order chi connectivity index (χ1) is 13.0. The lowest BCUT2D eigenvalue weighted by atomic mass is 10.1. The van der Waals surface area contributed by atoms with Gasteiger partial charge in [0.15, 0.2) is 0 Å². The van der Waals surface area contributed by atoms with Crippen molar-refractivity contribution in [2.45, 2.75) is 56.4 Å². The second kappa shape index (κ2) is 9.32. The van der Waals surface area contributed by atoms with Crippen LogP contribution in [-0.4, -0.2) is 43.4 Å². The molecular formula is C20H28ClN3O2S. The van der Waals surface area contributed by atoms with E-state index in [2.05, 4.69) is 17.2 Å². The lowest BCUT2D eigenvalue weighted by molar-refractivity contribution is 0.283. The molecule has 0 radical (unpaired) electrons. The van der Waals surface area contributed by atoms with Gasteiger partial charge in [-0.05, 0) is 37.9 Å². The molecule has 3 rings (SSSR count). The van der Waals surface area contributed by atoms with Gasteiger partial charge in [-0.25, -0.2) is 13.4 Å². The van der Waals surface area contributed by atoms with Gasteiger partial charge >= 0.3 is 0 Å². The number of aromatic nitrogens is 1. The summed E-state index contributed by atoms with van der Waals surface area (Å²) in [5.74, 6) is 0. The Balaban J connectivity index is 1.74. The highest BCUT2D eigenvalue weighted by molar-refractivity contribution is 7.89.